The van der Waals surface area contributed by atoms with Gasteiger partial charge in [-0.1, -0.05) is 18.2 Å². The molecule has 32 heavy (non-hydrogen) atoms. The first kappa shape index (κ1) is 23.2. The molecule has 0 aromatic heterocycles. The fourth-order valence-corrected chi connectivity index (χ4v) is 3.75. The lowest BCUT2D eigenvalue weighted by atomic mass is 9.94. The number of likely N-dealkylation sites (N-methyl/N-ethyl adjacent to an activating group) is 1. The zero-order chi connectivity index (χ0) is 23.4. The lowest BCUT2D eigenvalue weighted by Crippen LogP contribution is -2.48. The summed E-state index contributed by atoms with van der Waals surface area (Å²) in [5, 5.41) is 2.90. The Bertz CT molecular complexity index is 1060. The summed E-state index contributed by atoms with van der Waals surface area (Å²) in [5.74, 6) is 0.848. The number of urea groups is 1. The maximum Gasteiger partial charge on any atom is 0.338 e. The summed E-state index contributed by atoms with van der Waals surface area (Å²) in [7, 11) is 3.18. The fourth-order valence-electron chi connectivity index (χ4n) is 3.75. The lowest BCUT2D eigenvalue weighted by Gasteiger charge is -2.34. The summed E-state index contributed by atoms with van der Waals surface area (Å²) in [5.41, 5.74) is 4.72. The Morgan fingerprint density at radius 2 is 1.91 bits per heavy atom. The van der Waals surface area contributed by atoms with Gasteiger partial charge in [0.05, 0.1) is 31.0 Å². The number of rotatable bonds is 7. The van der Waals surface area contributed by atoms with Crippen molar-refractivity contribution < 1.29 is 23.8 Å². The molecule has 1 atom stereocenters. The van der Waals surface area contributed by atoms with Crippen molar-refractivity contribution in [1.29, 1.82) is 0 Å². The Labute approximate surface area is 189 Å². The minimum atomic E-state index is -0.688. The topological polar surface area (TPSA) is 77.1 Å². The molecule has 7 nitrogen and oxygen atoms in total. The standard InChI is InChI=1S/C25H30N2O5/c1-7-31-24(28)22-20(14-32-21-12-15(2)11-16(3)17(21)4)27(5)25(29)26-23(22)18-9-8-10-19(13-18)30-6/h8-13,23H,7,14H2,1-6H3,(H,26,29). The van der Waals surface area contributed by atoms with Crippen molar-refractivity contribution in [3.8, 4) is 11.5 Å². The zero-order valence-corrected chi connectivity index (χ0v) is 19.4. The zero-order valence-electron chi connectivity index (χ0n) is 19.4. The predicted octanol–water partition coefficient (Wildman–Crippen LogP) is 4.21. The summed E-state index contributed by atoms with van der Waals surface area (Å²) >= 11 is 0. The second-order valence-corrected chi connectivity index (χ2v) is 7.79. The number of carbonyl (C=O) groups excluding carboxylic acids is 2. The third-order valence-corrected chi connectivity index (χ3v) is 5.63. The Kier molecular flexibility index (Phi) is 7.08. The molecular weight excluding hydrogens is 408 g/mol. The van der Waals surface area contributed by atoms with E-state index >= 15 is 0 Å². The van der Waals surface area contributed by atoms with Crippen molar-refractivity contribution in [3.05, 3.63) is 69.9 Å². The molecule has 1 N–H and O–H groups in total. The summed E-state index contributed by atoms with van der Waals surface area (Å²) in [6.45, 7) is 8.02. The number of ether oxygens (including phenoxy) is 3. The Hall–Kier alpha value is -3.48. The van der Waals surface area contributed by atoms with Gasteiger partial charge in [0, 0.05) is 7.05 Å². The number of carbonyl (C=O) groups is 2. The molecule has 2 aromatic carbocycles. The lowest BCUT2D eigenvalue weighted by molar-refractivity contribution is -0.139. The van der Waals surface area contributed by atoms with Gasteiger partial charge in [0.25, 0.3) is 0 Å². The van der Waals surface area contributed by atoms with E-state index in [-0.39, 0.29) is 19.2 Å². The van der Waals surface area contributed by atoms with E-state index in [1.165, 1.54) is 4.90 Å². The van der Waals surface area contributed by atoms with Crippen LogP contribution in [0.3, 0.4) is 0 Å². The van der Waals surface area contributed by atoms with Gasteiger partial charge in [0.15, 0.2) is 0 Å². The molecule has 170 valence electrons. The molecule has 0 spiro atoms. The highest BCUT2D eigenvalue weighted by atomic mass is 16.5. The average molecular weight is 439 g/mol. The first-order valence-electron chi connectivity index (χ1n) is 10.6. The molecule has 0 fully saturated rings. The van der Waals surface area contributed by atoms with Crippen LogP contribution in [0.1, 0.15) is 35.2 Å². The van der Waals surface area contributed by atoms with E-state index in [1.54, 1.807) is 33.2 Å². The normalized spacial score (nSPS) is 16.0. The van der Waals surface area contributed by atoms with Gasteiger partial charge < -0.3 is 19.5 Å². The molecule has 3 rings (SSSR count). The third-order valence-electron chi connectivity index (χ3n) is 5.63. The van der Waals surface area contributed by atoms with E-state index in [0.29, 0.717) is 22.6 Å². The summed E-state index contributed by atoms with van der Waals surface area (Å²) in [6, 6.07) is 10.3. The minimum absolute atomic E-state index is 0.0439. The van der Waals surface area contributed by atoms with Gasteiger partial charge in [-0.3, -0.25) is 4.90 Å². The first-order valence-corrected chi connectivity index (χ1v) is 10.6. The largest absolute Gasteiger partial charge is 0.497 e. The van der Waals surface area contributed by atoms with E-state index in [1.807, 2.05) is 39.0 Å². The van der Waals surface area contributed by atoms with Gasteiger partial charge in [-0.25, -0.2) is 9.59 Å². The van der Waals surface area contributed by atoms with Gasteiger partial charge in [0.1, 0.15) is 18.1 Å². The second-order valence-electron chi connectivity index (χ2n) is 7.79. The van der Waals surface area contributed by atoms with E-state index in [0.717, 1.165) is 22.4 Å². The first-order chi connectivity index (χ1) is 15.3. The molecule has 1 aliphatic rings. The highest BCUT2D eigenvalue weighted by Gasteiger charge is 2.37. The van der Waals surface area contributed by atoms with Crippen LogP contribution in [0.25, 0.3) is 0 Å². The number of aryl methyl sites for hydroxylation is 2. The van der Waals surface area contributed by atoms with Crippen molar-refractivity contribution in [2.75, 3.05) is 27.4 Å². The van der Waals surface area contributed by atoms with Crippen molar-refractivity contribution in [2.24, 2.45) is 0 Å². The second kappa shape index (κ2) is 9.77. The maximum absolute atomic E-state index is 13.0. The van der Waals surface area contributed by atoms with E-state index in [2.05, 4.69) is 11.4 Å². The number of amides is 2. The van der Waals surface area contributed by atoms with Crippen LogP contribution in [0.5, 0.6) is 11.5 Å². The highest BCUT2D eigenvalue weighted by molar-refractivity contribution is 5.95. The molecule has 0 aliphatic carbocycles. The number of hydrogen-bond donors (Lipinski definition) is 1. The van der Waals surface area contributed by atoms with Crippen molar-refractivity contribution >= 4 is 12.0 Å². The number of nitrogens with one attached hydrogen (secondary N) is 1. The van der Waals surface area contributed by atoms with Gasteiger partial charge in [-0.2, -0.15) is 0 Å². The molecule has 2 aromatic rings. The van der Waals surface area contributed by atoms with Gasteiger partial charge in [-0.05, 0) is 68.1 Å². The van der Waals surface area contributed by atoms with E-state index in [9.17, 15) is 9.59 Å². The van der Waals surface area contributed by atoms with Gasteiger partial charge in [0.2, 0.25) is 0 Å². The molecule has 0 saturated carbocycles. The number of nitrogens with zero attached hydrogens (tertiary/aromatic N) is 1. The van der Waals surface area contributed by atoms with Crippen molar-refractivity contribution in [1.82, 2.24) is 10.2 Å². The van der Waals surface area contributed by atoms with Gasteiger partial charge >= 0.3 is 12.0 Å². The number of esters is 1. The predicted molar refractivity (Wildman–Crippen MR) is 122 cm³/mol. The smallest absolute Gasteiger partial charge is 0.338 e. The van der Waals surface area contributed by atoms with Crippen LogP contribution < -0.4 is 14.8 Å². The molecule has 2 amide bonds. The van der Waals surface area contributed by atoms with E-state index in [4.69, 9.17) is 14.2 Å². The number of hydrogen-bond acceptors (Lipinski definition) is 5. The van der Waals surface area contributed by atoms with Crippen LogP contribution in [0, 0.1) is 20.8 Å². The van der Waals surface area contributed by atoms with Crippen molar-refractivity contribution in [3.63, 3.8) is 0 Å². The molecule has 0 saturated heterocycles. The summed E-state index contributed by atoms with van der Waals surface area (Å²) < 4.78 is 16.8. The summed E-state index contributed by atoms with van der Waals surface area (Å²) in [6.07, 6.45) is 0. The maximum atomic E-state index is 13.0. The molecule has 7 heteroatoms. The van der Waals surface area contributed by atoms with E-state index < -0.39 is 12.0 Å². The molecular formula is C25H30N2O5. The Balaban J connectivity index is 2.07. The molecule has 0 bridgehead atoms. The van der Waals surface area contributed by atoms with Crippen LogP contribution in [0.2, 0.25) is 0 Å². The SMILES string of the molecule is CCOC(=O)C1=C(COc2cc(C)cc(C)c2C)N(C)C(=O)NC1c1cccc(OC)c1. The Morgan fingerprint density at radius 3 is 2.59 bits per heavy atom. The van der Waals surface area contributed by atoms with Crippen LogP contribution >= 0.6 is 0 Å². The monoisotopic (exact) mass is 438 g/mol. The van der Waals surface area contributed by atoms with Crippen LogP contribution in [0.4, 0.5) is 4.79 Å². The molecule has 0 radical (unpaired) electrons. The Morgan fingerprint density at radius 1 is 1.16 bits per heavy atom. The number of benzene rings is 2. The van der Waals surface area contributed by atoms with Crippen LogP contribution in [0.15, 0.2) is 47.7 Å². The highest BCUT2D eigenvalue weighted by Crippen LogP contribution is 2.33. The minimum Gasteiger partial charge on any atom is -0.497 e. The fraction of sp³-hybridized carbons (Fsp3) is 0.360. The number of methoxy groups -OCH3 is 1. The molecule has 1 unspecified atom stereocenters. The van der Waals surface area contributed by atoms with Gasteiger partial charge in [-0.15, -0.1) is 0 Å². The quantitative estimate of drug-likeness (QED) is 0.655. The molecule has 1 heterocycles. The third kappa shape index (κ3) is 4.72. The summed E-state index contributed by atoms with van der Waals surface area (Å²) in [4.78, 5) is 27.2. The van der Waals surface area contributed by atoms with Crippen LogP contribution in [-0.2, 0) is 9.53 Å². The van der Waals surface area contributed by atoms with Crippen molar-refractivity contribution in [2.45, 2.75) is 33.7 Å². The molecule has 1 aliphatic heterocycles. The van der Waals surface area contributed by atoms with Crippen LogP contribution in [-0.4, -0.2) is 44.3 Å². The average Bonchev–Trinajstić information content (AvgIpc) is 2.77.